The molecule has 0 saturated heterocycles. The van der Waals surface area contributed by atoms with Crippen molar-refractivity contribution in [3.8, 4) is 11.4 Å². The SMILES string of the molecule is CCC(C)Cc1cc(-n2c3ccccc3c3ncccc32)cc(-n2c3ccccc3c3ncccc32)c1. The molecular formula is C33H28N4. The Kier molecular flexibility index (Phi) is 5.07. The molecule has 4 heterocycles. The highest BCUT2D eigenvalue weighted by molar-refractivity contribution is 6.08. The fraction of sp³-hybridized carbons (Fsp3) is 0.152. The van der Waals surface area contributed by atoms with E-state index >= 15 is 0 Å². The van der Waals surface area contributed by atoms with E-state index in [2.05, 4.69) is 102 Å². The Morgan fingerprint density at radius 1 is 0.622 bits per heavy atom. The predicted octanol–water partition coefficient (Wildman–Crippen LogP) is 8.26. The molecule has 4 heteroatoms. The van der Waals surface area contributed by atoms with E-state index < -0.39 is 0 Å². The van der Waals surface area contributed by atoms with Crippen molar-refractivity contribution < 1.29 is 0 Å². The molecule has 0 radical (unpaired) electrons. The summed E-state index contributed by atoms with van der Waals surface area (Å²) in [4.78, 5) is 9.52. The van der Waals surface area contributed by atoms with Gasteiger partial charge < -0.3 is 9.13 Å². The number of benzene rings is 3. The van der Waals surface area contributed by atoms with Crippen LogP contribution in [-0.2, 0) is 6.42 Å². The molecule has 37 heavy (non-hydrogen) atoms. The van der Waals surface area contributed by atoms with Gasteiger partial charge in [-0.05, 0) is 72.5 Å². The van der Waals surface area contributed by atoms with Crippen molar-refractivity contribution in [2.24, 2.45) is 5.92 Å². The van der Waals surface area contributed by atoms with E-state index in [9.17, 15) is 0 Å². The van der Waals surface area contributed by atoms with Gasteiger partial charge in [0.2, 0.25) is 0 Å². The van der Waals surface area contributed by atoms with Gasteiger partial charge in [-0.15, -0.1) is 0 Å². The fourth-order valence-corrected chi connectivity index (χ4v) is 5.70. The van der Waals surface area contributed by atoms with Crippen LogP contribution in [0.15, 0.2) is 103 Å². The topological polar surface area (TPSA) is 35.6 Å². The minimum Gasteiger partial charge on any atom is -0.308 e. The summed E-state index contributed by atoms with van der Waals surface area (Å²) < 4.78 is 4.74. The maximum Gasteiger partial charge on any atom is 0.0963 e. The molecule has 180 valence electrons. The van der Waals surface area contributed by atoms with Gasteiger partial charge in [0.1, 0.15) is 0 Å². The third-order valence-electron chi connectivity index (χ3n) is 7.61. The van der Waals surface area contributed by atoms with E-state index in [1.165, 1.54) is 27.4 Å². The molecule has 0 aliphatic rings. The number of fused-ring (bicyclic) bond motifs is 6. The zero-order chi connectivity index (χ0) is 24.9. The van der Waals surface area contributed by atoms with E-state index in [1.54, 1.807) is 0 Å². The second kappa shape index (κ2) is 8.59. The second-order valence-corrected chi connectivity index (χ2v) is 10.0. The van der Waals surface area contributed by atoms with Crippen LogP contribution in [-0.4, -0.2) is 19.1 Å². The summed E-state index contributed by atoms with van der Waals surface area (Å²) in [6, 6.07) is 32.6. The molecule has 0 fully saturated rings. The van der Waals surface area contributed by atoms with Gasteiger partial charge in [-0.25, -0.2) is 0 Å². The highest BCUT2D eigenvalue weighted by atomic mass is 15.0. The number of pyridine rings is 2. The van der Waals surface area contributed by atoms with Gasteiger partial charge in [-0.2, -0.15) is 0 Å². The van der Waals surface area contributed by atoms with Crippen LogP contribution in [0, 0.1) is 5.92 Å². The summed E-state index contributed by atoms with van der Waals surface area (Å²) in [6.45, 7) is 4.60. The van der Waals surface area contributed by atoms with Crippen molar-refractivity contribution >= 4 is 43.9 Å². The van der Waals surface area contributed by atoms with Crippen LogP contribution < -0.4 is 0 Å². The summed E-state index contributed by atoms with van der Waals surface area (Å²) in [5.41, 5.74) is 10.3. The van der Waals surface area contributed by atoms with Crippen LogP contribution in [0.3, 0.4) is 0 Å². The van der Waals surface area contributed by atoms with Crippen molar-refractivity contribution in [1.29, 1.82) is 0 Å². The molecule has 1 atom stereocenters. The number of hydrogen-bond donors (Lipinski definition) is 0. The monoisotopic (exact) mass is 480 g/mol. The van der Waals surface area contributed by atoms with Gasteiger partial charge in [0.25, 0.3) is 0 Å². The first-order valence-corrected chi connectivity index (χ1v) is 13.1. The minimum absolute atomic E-state index is 0.600. The van der Waals surface area contributed by atoms with E-state index in [0.717, 1.165) is 46.3 Å². The van der Waals surface area contributed by atoms with Crippen LogP contribution in [0.2, 0.25) is 0 Å². The fourth-order valence-electron chi connectivity index (χ4n) is 5.70. The zero-order valence-corrected chi connectivity index (χ0v) is 21.1. The molecule has 4 aromatic heterocycles. The molecule has 1 unspecified atom stereocenters. The van der Waals surface area contributed by atoms with Crippen molar-refractivity contribution in [1.82, 2.24) is 19.1 Å². The molecule has 3 aromatic carbocycles. The minimum atomic E-state index is 0.600. The number of rotatable bonds is 5. The summed E-state index contributed by atoms with van der Waals surface area (Å²) >= 11 is 0. The van der Waals surface area contributed by atoms with Gasteiger partial charge in [0.15, 0.2) is 0 Å². The second-order valence-electron chi connectivity index (χ2n) is 10.0. The quantitative estimate of drug-likeness (QED) is 0.249. The molecule has 7 aromatic rings. The van der Waals surface area contributed by atoms with E-state index in [4.69, 9.17) is 9.97 Å². The Balaban J connectivity index is 1.57. The van der Waals surface area contributed by atoms with E-state index in [1.807, 2.05) is 24.5 Å². The van der Waals surface area contributed by atoms with Gasteiger partial charge >= 0.3 is 0 Å². The molecule has 0 saturated carbocycles. The first kappa shape index (κ1) is 21.8. The highest BCUT2D eigenvalue weighted by Crippen LogP contribution is 2.35. The molecular weight excluding hydrogens is 452 g/mol. The zero-order valence-electron chi connectivity index (χ0n) is 21.1. The van der Waals surface area contributed by atoms with Gasteiger partial charge in [-0.3, -0.25) is 9.97 Å². The molecule has 0 N–H and O–H groups in total. The predicted molar refractivity (Wildman–Crippen MR) is 154 cm³/mol. The lowest BCUT2D eigenvalue weighted by molar-refractivity contribution is 0.560. The Bertz CT molecular complexity index is 1690. The van der Waals surface area contributed by atoms with Gasteiger partial charge in [-0.1, -0.05) is 56.7 Å². The standard InChI is InChI=1S/C33H28N4/c1-3-22(2)18-23-19-24(36-28-12-6-4-10-26(28)32-30(36)14-8-16-34-32)21-25(20-23)37-29-13-7-5-11-27(29)33-31(37)15-9-17-35-33/h4-17,19-22H,3,18H2,1-2H3. The number of nitrogens with zero attached hydrogens (tertiary/aromatic N) is 4. The van der Waals surface area contributed by atoms with Crippen LogP contribution in [0.1, 0.15) is 25.8 Å². The summed E-state index contributed by atoms with van der Waals surface area (Å²) in [6.07, 6.45) is 5.95. The first-order valence-electron chi connectivity index (χ1n) is 13.1. The van der Waals surface area contributed by atoms with Crippen LogP contribution in [0.4, 0.5) is 0 Å². The van der Waals surface area contributed by atoms with Crippen LogP contribution in [0.5, 0.6) is 0 Å². The van der Waals surface area contributed by atoms with Gasteiger partial charge in [0.05, 0.1) is 33.1 Å². The molecule has 7 rings (SSSR count). The van der Waals surface area contributed by atoms with Crippen molar-refractivity contribution in [3.63, 3.8) is 0 Å². The van der Waals surface area contributed by atoms with Crippen molar-refractivity contribution in [2.75, 3.05) is 0 Å². The molecule has 0 aliphatic heterocycles. The lowest BCUT2D eigenvalue weighted by Gasteiger charge is -2.17. The Labute approximate surface area is 215 Å². The number of aromatic nitrogens is 4. The van der Waals surface area contributed by atoms with E-state index in [-0.39, 0.29) is 0 Å². The lowest BCUT2D eigenvalue weighted by atomic mass is 9.98. The Morgan fingerprint density at radius 2 is 1.11 bits per heavy atom. The average Bonchev–Trinajstić information content (AvgIpc) is 3.46. The maximum atomic E-state index is 4.76. The normalized spacial score (nSPS) is 12.7. The third-order valence-corrected chi connectivity index (χ3v) is 7.61. The summed E-state index contributed by atoms with van der Waals surface area (Å²) in [5.74, 6) is 0.600. The summed E-state index contributed by atoms with van der Waals surface area (Å²) in [5, 5.41) is 2.35. The molecule has 0 spiro atoms. The van der Waals surface area contributed by atoms with Crippen LogP contribution >= 0.6 is 0 Å². The lowest BCUT2D eigenvalue weighted by Crippen LogP contribution is -2.04. The Hall–Kier alpha value is -4.44. The molecule has 0 amide bonds. The van der Waals surface area contributed by atoms with E-state index in [0.29, 0.717) is 5.92 Å². The number of hydrogen-bond acceptors (Lipinski definition) is 2. The maximum absolute atomic E-state index is 4.76. The first-order chi connectivity index (χ1) is 18.2. The highest BCUT2D eigenvalue weighted by Gasteiger charge is 2.17. The molecule has 0 aliphatic carbocycles. The number of para-hydroxylation sites is 2. The third kappa shape index (κ3) is 3.44. The summed E-state index contributed by atoms with van der Waals surface area (Å²) in [7, 11) is 0. The Morgan fingerprint density at radius 3 is 1.62 bits per heavy atom. The smallest absolute Gasteiger partial charge is 0.0963 e. The van der Waals surface area contributed by atoms with Crippen LogP contribution in [0.25, 0.3) is 55.2 Å². The molecule has 0 bridgehead atoms. The average molecular weight is 481 g/mol. The largest absolute Gasteiger partial charge is 0.308 e. The molecule has 4 nitrogen and oxygen atoms in total. The van der Waals surface area contributed by atoms with Crippen molar-refractivity contribution in [2.45, 2.75) is 26.7 Å². The van der Waals surface area contributed by atoms with Crippen molar-refractivity contribution in [3.05, 3.63) is 109 Å². The van der Waals surface area contributed by atoms with Gasteiger partial charge in [0, 0.05) is 34.5 Å².